The van der Waals surface area contributed by atoms with Gasteiger partial charge in [-0.3, -0.25) is 0 Å². The molecule has 3 heteroatoms. The van der Waals surface area contributed by atoms with Crippen LogP contribution in [0.2, 0.25) is 0 Å². The van der Waals surface area contributed by atoms with E-state index in [0.717, 1.165) is 17.1 Å². The summed E-state index contributed by atoms with van der Waals surface area (Å²) in [6.45, 7) is 0. The van der Waals surface area contributed by atoms with Crippen LogP contribution in [0.3, 0.4) is 0 Å². The van der Waals surface area contributed by atoms with Gasteiger partial charge >= 0.3 is 0 Å². The molecule has 0 spiro atoms. The van der Waals surface area contributed by atoms with Gasteiger partial charge in [0.15, 0.2) is 0 Å². The Kier molecular flexibility index (Phi) is 9.06. The average Bonchev–Trinajstić information content (AvgIpc) is 3.91. The van der Waals surface area contributed by atoms with E-state index in [2.05, 4.69) is 252 Å². The van der Waals surface area contributed by atoms with Gasteiger partial charge in [-0.15, -0.1) is 11.3 Å². The van der Waals surface area contributed by atoms with Gasteiger partial charge in [0.25, 0.3) is 0 Å². The highest BCUT2D eigenvalue weighted by Gasteiger charge is 2.18. The first-order chi connectivity index (χ1) is 31.2. The van der Waals surface area contributed by atoms with Crippen molar-refractivity contribution in [3.8, 4) is 50.2 Å². The van der Waals surface area contributed by atoms with Crippen molar-refractivity contribution in [3.05, 3.63) is 243 Å². The average molecular weight is 821 g/mol. The van der Waals surface area contributed by atoms with Gasteiger partial charge in [-0.05, 0) is 124 Å². The second-order valence-corrected chi connectivity index (χ2v) is 17.2. The highest BCUT2D eigenvalue weighted by Crippen LogP contribution is 2.45. The summed E-state index contributed by atoms with van der Waals surface area (Å²) in [6.07, 6.45) is 0. The fourth-order valence-corrected chi connectivity index (χ4v) is 10.5. The number of benzene rings is 10. The van der Waals surface area contributed by atoms with Crippen molar-refractivity contribution in [1.29, 1.82) is 0 Å². The summed E-state index contributed by atoms with van der Waals surface area (Å²) in [5.41, 5.74) is 16.6. The van der Waals surface area contributed by atoms with E-state index in [9.17, 15) is 0 Å². The molecule has 0 fully saturated rings. The molecule has 0 aliphatic carbocycles. The minimum absolute atomic E-state index is 1.10. The van der Waals surface area contributed by atoms with E-state index >= 15 is 0 Å². The Morgan fingerprint density at radius 3 is 1.38 bits per heavy atom. The molecule has 12 aromatic rings. The van der Waals surface area contributed by atoms with Crippen LogP contribution in [0.1, 0.15) is 0 Å². The molecule has 2 aromatic heterocycles. The van der Waals surface area contributed by atoms with E-state index in [1.54, 1.807) is 0 Å². The topological polar surface area (TPSA) is 8.17 Å². The smallest absolute Gasteiger partial charge is 0.0541 e. The first-order valence-electron chi connectivity index (χ1n) is 21.5. The van der Waals surface area contributed by atoms with E-state index in [1.165, 1.54) is 92.2 Å². The molecule has 0 aliphatic heterocycles. The molecule has 2 heterocycles. The highest BCUT2D eigenvalue weighted by atomic mass is 32.1. The maximum atomic E-state index is 2.41. The molecule has 0 radical (unpaired) electrons. The Morgan fingerprint density at radius 2 is 0.762 bits per heavy atom. The van der Waals surface area contributed by atoms with Gasteiger partial charge < -0.3 is 9.47 Å². The van der Waals surface area contributed by atoms with E-state index in [1.807, 2.05) is 11.3 Å². The number of nitrogens with zero attached hydrogens (tertiary/aromatic N) is 2. The molecule has 0 saturated heterocycles. The van der Waals surface area contributed by atoms with Crippen LogP contribution in [0.5, 0.6) is 0 Å². The van der Waals surface area contributed by atoms with Crippen LogP contribution in [0.25, 0.3) is 92.2 Å². The van der Waals surface area contributed by atoms with Crippen LogP contribution >= 0.6 is 11.3 Å². The molecule has 0 bridgehead atoms. The van der Waals surface area contributed by atoms with Crippen LogP contribution in [0.15, 0.2) is 243 Å². The van der Waals surface area contributed by atoms with Gasteiger partial charge in [0, 0.05) is 59.3 Å². The summed E-state index contributed by atoms with van der Waals surface area (Å²) in [6, 6.07) is 88.3. The predicted octanol–water partition coefficient (Wildman–Crippen LogP) is 17.3. The first kappa shape index (κ1) is 36.8. The number of hydrogen-bond donors (Lipinski definition) is 0. The SMILES string of the molecule is c1ccc(-c2ccc(N(c3ccc(-c4ccccc4)cc3)c3ccc(-c4cc(-c5ccc6c(c5)c5ccccc5n6-c5ccccc5)cc5c4sc4ccccc45)cc3)cc2)cc1. The Balaban J connectivity index is 0.980. The molecule has 2 nitrogen and oxygen atoms in total. The molecule has 12 rings (SSSR count). The third kappa shape index (κ3) is 6.58. The molecule has 0 saturated carbocycles. The highest BCUT2D eigenvalue weighted by molar-refractivity contribution is 7.26. The second-order valence-electron chi connectivity index (χ2n) is 16.1. The Morgan fingerprint density at radius 1 is 0.302 bits per heavy atom. The van der Waals surface area contributed by atoms with Crippen LogP contribution < -0.4 is 4.90 Å². The van der Waals surface area contributed by atoms with Crippen molar-refractivity contribution in [3.63, 3.8) is 0 Å². The van der Waals surface area contributed by atoms with Crippen LogP contribution in [0.4, 0.5) is 17.1 Å². The van der Waals surface area contributed by atoms with Crippen molar-refractivity contribution in [2.45, 2.75) is 0 Å². The Hall–Kier alpha value is -7.98. The van der Waals surface area contributed by atoms with E-state index in [4.69, 9.17) is 0 Å². The summed E-state index contributed by atoms with van der Waals surface area (Å²) in [5, 5.41) is 5.09. The van der Waals surface area contributed by atoms with Gasteiger partial charge in [-0.25, -0.2) is 0 Å². The van der Waals surface area contributed by atoms with E-state index in [-0.39, 0.29) is 0 Å². The van der Waals surface area contributed by atoms with Crippen LogP contribution in [0, 0.1) is 0 Å². The van der Waals surface area contributed by atoms with Crippen molar-refractivity contribution in [1.82, 2.24) is 4.57 Å². The van der Waals surface area contributed by atoms with Gasteiger partial charge in [-0.1, -0.05) is 158 Å². The molecule has 10 aromatic carbocycles. The Labute approximate surface area is 370 Å². The monoisotopic (exact) mass is 820 g/mol. The molecule has 0 N–H and O–H groups in total. The molecular formula is C60H40N2S. The minimum Gasteiger partial charge on any atom is -0.311 e. The quantitative estimate of drug-likeness (QED) is 0.148. The minimum atomic E-state index is 1.10. The second kappa shape index (κ2) is 15.5. The van der Waals surface area contributed by atoms with Gasteiger partial charge in [0.2, 0.25) is 0 Å². The molecule has 0 atom stereocenters. The lowest BCUT2D eigenvalue weighted by Crippen LogP contribution is -2.09. The lowest BCUT2D eigenvalue weighted by molar-refractivity contribution is 1.18. The lowest BCUT2D eigenvalue weighted by Gasteiger charge is -2.26. The maximum Gasteiger partial charge on any atom is 0.0541 e. The van der Waals surface area contributed by atoms with Crippen molar-refractivity contribution in [2.75, 3.05) is 4.90 Å². The molecular weight excluding hydrogens is 781 g/mol. The van der Waals surface area contributed by atoms with Crippen LogP contribution in [-0.2, 0) is 0 Å². The predicted molar refractivity (Wildman–Crippen MR) is 270 cm³/mol. The van der Waals surface area contributed by atoms with Gasteiger partial charge in [0.1, 0.15) is 0 Å². The van der Waals surface area contributed by atoms with Crippen molar-refractivity contribution in [2.24, 2.45) is 0 Å². The van der Waals surface area contributed by atoms with E-state index < -0.39 is 0 Å². The number of fused-ring (bicyclic) bond motifs is 6. The zero-order valence-electron chi connectivity index (χ0n) is 34.4. The summed E-state index contributed by atoms with van der Waals surface area (Å²) in [4.78, 5) is 2.36. The number of aromatic nitrogens is 1. The normalized spacial score (nSPS) is 11.5. The Bertz CT molecular complexity index is 3490. The molecule has 296 valence electrons. The van der Waals surface area contributed by atoms with Gasteiger partial charge in [0.05, 0.1) is 11.0 Å². The number of thiophene rings is 1. The number of para-hydroxylation sites is 2. The summed E-state index contributed by atoms with van der Waals surface area (Å²) in [5.74, 6) is 0. The number of hydrogen-bond acceptors (Lipinski definition) is 2. The molecule has 63 heavy (non-hydrogen) atoms. The maximum absolute atomic E-state index is 2.41. The third-order valence-electron chi connectivity index (χ3n) is 12.4. The first-order valence-corrected chi connectivity index (χ1v) is 22.3. The van der Waals surface area contributed by atoms with Crippen molar-refractivity contribution >= 4 is 70.4 Å². The van der Waals surface area contributed by atoms with Crippen molar-refractivity contribution < 1.29 is 0 Å². The summed E-state index contributed by atoms with van der Waals surface area (Å²) >= 11 is 1.88. The molecule has 0 aliphatic rings. The fraction of sp³-hybridized carbons (Fsp3) is 0. The third-order valence-corrected chi connectivity index (χ3v) is 13.6. The number of anilines is 3. The summed E-state index contributed by atoms with van der Waals surface area (Å²) in [7, 11) is 0. The molecule has 0 amide bonds. The largest absolute Gasteiger partial charge is 0.311 e. The summed E-state index contributed by atoms with van der Waals surface area (Å²) < 4.78 is 4.99. The fourth-order valence-electron chi connectivity index (χ4n) is 9.32. The van der Waals surface area contributed by atoms with E-state index in [0.29, 0.717) is 0 Å². The zero-order chi connectivity index (χ0) is 41.7. The standard InChI is InChI=1S/C60H40N2S/c1-4-14-41(15-5-1)43-24-31-49(32-25-43)61(50-33-26-44(27-34-50)42-16-6-2-7-17-42)51-35-28-45(29-36-51)54-39-47(40-56-53-21-11-13-23-59(53)63-60(54)56)46-30-37-58-55(38-46)52-20-10-12-22-57(52)62(58)48-18-8-3-9-19-48/h1-40H. The number of rotatable bonds is 8. The van der Waals surface area contributed by atoms with Gasteiger partial charge in [-0.2, -0.15) is 0 Å². The molecule has 0 unspecified atom stereocenters. The zero-order valence-corrected chi connectivity index (χ0v) is 35.2. The van der Waals surface area contributed by atoms with Crippen LogP contribution in [-0.4, -0.2) is 4.57 Å². The lowest BCUT2D eigenvalue weighted by atomic mass is 9.95.